The number of aliphatic imine (C=N–C) groups is 1. The lowest BCUT2D eigenvalue weighted by Crippen LogP contribution is -2.42. The Morgan fingerprint density at radius 2 is 1.65 bits per heavy atom. The minimum absolute atomic E-state index is 0.144. The van der Waals surface area contributed by atoms with Crippen molar-refractivity contribution >= 4 is 29.3 Å². The molecule has 0 saturated heterocycles. The molecule has 4 aromatic rings. The van der Waals surface area contributed by atoms with Gasteiger partial charge in [0.15, 0.2) is 5.78 Å². The van der Waals surface area contributed by atoms with E-state index in [1.54, 1.807) is 50.2 Å². The molecule has 8 heteroatoms. The predicted octanol–water partition coefficient (Wildman–Crippen LogP) is 5.17. The van der Waals surface area contributed by atoms with Gasteiger partial charge in [0.2, 0.25) is 5.88 Å². The van der Waals surface area contributed by atoms with Crippen LogP contribution in [0.1, 0.15) is 46.9 Å². The van der Waals surface area contributed by atoms with Gasteiger partial charge in [-0.2, -0.15) is 0 Å². The van der Waals surface area contributed by atoms with Crippen LogP contribution in [0, 0.1) is 0 Å². The van der Waals surface area contributed by atoms with Crippen molar-refractivity contribution in [2.24, 2.45) is 4.99 Å². The number of nitrogens with zero attached hydrogens (tertiary/aromatic N) is 3. The van der Waals surface area contributed by atoms with Crippen LogP contribution in [-0.4, -0.2) is 26.2 Å². The van der Waals surface area contributed by atoms with Crippen LogP contribution >= 0.6 is 11.6 Å². The highest BCUT2D eigenvalue weighted by Crippen LogP contribution is 2.26. The number of ketones is 1. The van der Waals surface area contributed by atoms with Crippen LogP contribution in [0.15, 0.2) is 93.4 Å². The molecule has 4 rings (SSSR count). The first-order valence-corrected chi connectivity index (χ1v) is 12.2. The molecule has 37 heavy (non-hydrogen) atoms. The normalized spacial score (nSPS) is 11.4. The maximum atomic E-state index is 13.2. The summed E-state index contributed by atoms with van der Waals surface area (Å²) in [6.45, 7) is 3.61. The molecule has 0 spiro atoms. The molecule has 0 aliphatic rings. The molecule has 0 atom stereocenters. The summed E-state index contributed by atoms with van der Waals surface area (Å²) in [7, 11) is 0. The van der Waals surface area contributed by atoms with E-state index in [1.165, 1.54) is 16.8 Å². The van der Waals surface area contributed by atoms with Crippen molar-refractivity contribution in [3.8, 4) is 5.88 Å². The summed E-state index contributed by atoms with van der Waals surface area (Å²) in [6.07, 6.45) is 1.67. The van der Waals surface area contributed by atoms with Crippen molar-refractivity contribution in [3.05, 3.63) is 127 Å². The molecule has 1 N–H and O–H groups in total. The van der Waals surface area contributed by atoms with Crippen LogP contribution in [0.5, 0.6) is 5.88 Å². The zero-order chi connectivity index (χ0) is 26.5. The molecule has 7 nitrogen and oxygen atoms in total. The van der Waals surface area contributed by atoms with Gasteiger partial charge in [0.05, 0.1) is 5.69 Å². The molecule has 0 aliphatic heterocycles. The summed E-state index contributed by atoms with van der Waals surface area (Å²) >= 11 is 6.16. The fraction of sp³-hybridized carbons (Fsp3) is 0.172. The number of rotatable bonds is 8. The minimum atomic E-state index is -0.665. The second-order valence-corrected chi connectivity index (χ2v) is 9.23. The molecule has 0 fully saturated rings. The van der Waals surface area contributed by atoms with E-state index < -0.39 is 23.2 Å². The highest BCUT2D eigenvalue weighted by atomic mass is 35.5. The van der Waals surface area contributed by atoms with E-state index in [0.717, 1.165) is 10.1 Å². The first kappa shape index (κ1) is 25.9. The molecular weight excluding hydrogens is 490 g/mol. The number of halogens is 1. The molecule has 188 valence electrons. The van der Waals surface area contributed by atoms with E-state index >= 15 is 0 Å². The summed E-state index contributed by atoms with van der Waals surface area (Å²) in [6, 6.07) is 22.5. The van der Waals surface area contributed by atoms with Gasteiger partial charge in [-0.3, -0.25) is 23.7 Å². The zero-order valence-corrected chi connectivity index (χ0v) is 21.2. The average molecular weight is 516 g/mol. The summed E-state index contributed by atoms with van der Waals surface area (Å²) in [5, 5.41) is 11.3. The van der Waals surface area contributed by atoms with Gasteiger partial charge in [-0.05, 0) is 44.0 Å². The molecule has 1 aromatic heterocycles. The second kappa shape index (κ2) is 11.2. The fourth-order valence-corrected chi connectivity index (χ4v) is 4.19. The van der Waals surface area contributed by atoms with Crippen molar-refractivity contribution in [1.29, 1.82) is 0 Å². The first-order chi connectivity index (χ1) is 17.8. The number of benzene rings is 3. The Labute approximate surface area is 218 Å². The van der Waals surface area contributed by atoms with Crippen molar-refractivity contribution in [1.82, 2.24) is 9.13 Å². The Hall–Kier alpha value is -4.23. The first-order valence-electron chi connectivity index (χ1n) is 11.8. The maximum Gasteiger partial charge on any atom is 0.334 e. The van der Waals surface area contributed by atoms with E-state index in [1.807, 2.05) is 36.4 Å². The monoisotopic (exact) mass is 515 g/mol. The van der Waals surface area contributed by atoms with E-state index in [4.69, 9.17) is 11.6 Å². The molecule has 1 heterocycles. The predicted molar refractivity (Wildman–Crippen MR) is 146 cm³/mol. The molecule has 0 bridgehead atoms. The van der Waals surface area contributed by atoms with Crippen LogP contribution in [0.4, 0.5) is 5.69 Å². The van der Waals surface area contributed by atoms with Crippen molar-refractivity contribution in [2.45, 2.75) is 32.9 Å². The van der Waals surface area contributed by atoms with Crippen molar-refractivity contribution in [2.75, 3.05) is 0 Å². The number of aromatic nitrogens is 2. The lowest BCUT2D eigenvalue weighted by molar-refractivity contribution is 0.103. The molecule has 0 unspecified atom stereocenters. The Balaban J connectivity index is 1.79. The van der Waals surface area contributed by atoms with Crippen molar-refractivity contribution in [3.63, 3.8) is 0 Å². The smallest absolute Gasteiger partial charge is 0.334 e. The molecule has 3 aromatic carbocycles. The van der Waals surface area contributed by atoms with Gasteiger partial charge < -0.3 is 5.11 Å². The van der Waals surface area contributed by atoms with Gasteiger partial charge in [0, 0.05) is 35.0 Å². The molecule has 0 aliphatic carbocycles. The fourth-order valence-electron chi connectivity index (χ4n) is 4.02. The number of carbonyl (C=O) groups is 1. The van der Waals surface area contributed by atoms with Gasteiger partial charge in [-0.15, -0.1) is 0 Å². The van der Waals surface area contributed by atoms with E-state index in [9.17, 15) is 19.5 Å². The van der Waals surface area contributed by atoms with Crippen LogP contribution in [0.25, 0.3) is 0 Å². The SMILES string of the molecule is CC(C)n1c(=O)c(C=Nc2ccc(Cl)cc2C(=O)c2ccccc2)c(O)n(CCc2ccccc2)c1=O. The Morgan fingerprint density at radius 1 is 1.00 bits per heavy atom. The van der Waals surface area contributed by atoms with Gasteiger partial charge in [0.25, 0.3) is 5.56 Å². The summed E-state index contributed by atoms with van der Waals surface area (Å²) < 4.78 is 2.26. The van der Waals surface area contributed by atoms with Crippen LogP contribution < -0.4 is 11.2 Å². The second-order valence-electron chi connectivity index (χ2n) is 8.79. The molecule has 0 saturated carbocycles. The number of hydrogen-bond acceptors (Lipinski definition) is 5. The van der Waals surface area contributed by atoms with Gasteiger partial charge in [-0.25, -0.2) is 4.79 Å². The standard InChI is InChI=1S/C29H26ClN3O4/c1-19(2)33-28(36)24(27(35)32(29(33)37)16-15-20-9-5-3-6-10-20)18-31-25-14-13-22(30)17-23(25)26(34)21-11-7-4-8-12-21/h3-14,17-19,35H,15-16H2,1-2H3. The Kier molecular flexibility index (Phi) is 7.84. The number of aryl methyl sites for hydroxylation is 1. The molecular formula is C29H26ClN3O4. The van der Waals surface area contributed by atoms with E-state index in [0.29, 0.717) is 17.0 Å². The highest BCUT2D eigenvalue weighted by Gasteiger charge is 2.20. The lowest BCUT2D eigenvalue weighted by atomic mass is 10.0. The number of hydrogen-bond donors (Lipinski definition) is 1. The van der Waals surface area contributed by atoms with Crippen LogP contribution in [-0.2, 0) is 13.0 Å². The maximum absolute atomic E-state index is 13.2. The topological polar surface area (TPSA) is 93.7 Å². The van der Waals surface area contributed by atoms with Gasteiger partial charge >= 0.3 is 5.69 Å². The number of aromatic hydroxyl groups is 1. The summed E-state index contributed by atoms with van der Waals surface area (Å²) in [5.41, 5.74) is 0.553. The third-order valence-electron chi connectivity index (χ3n) is 5.94. The summed E-state index contributed by atoms with van der Waals surface area (Å²) in [4.78, 5) is 43.8. The third kappa shape index (κ3) is 5.62. The largest absolute Gasteiger partial charge is 0.494 e. The zero-order valence-electron chi connectivity index (χ0n) is 20.5. The molecule has 0 radical (unpaired) electrons. The Morgan fingerprint density at radius 3 is 2.30 bits per heavy atom. The van der Waals surface area contributed by atoms with E-state index in [-0.39, 0.29) is 29.1 Å². The Bertz CT molecular complexity index is 1570. The van der Waals surface area contributed by atoms with Crippen LogP contribution in [0.2, 0.25) is 5.02 Å². The minimum Gasteiger partial charge on any atom is -0.494 e. The third-order valence-corrected chi connectivity index (χ3v) is 6.17. The van der Waals surface area contributed by atoms with Gasteiger partial charge in [0.1, 0.15) is 5.56 Å². The van der Waals surface area contributed by atoms with Gasteiger partial charge in [-0.1, -0.05) is 72.3 Å². The molecule has 0 amide bonds. The quantitative estimate of drug-likeness (QED) is 0.258. The van der Waals surface area contributed by atoms with Crippen molar-refractivity contribution < 1.29 is 9.90 Å². The highest BCUT2D eigenvalue weighted by molar-refractivity contribution is 6.31. The lowest BCUT2D eigenvalue weighted by Gasteiger charge is -2.16. The van der Waals surface area contributed by atoms with E-state index in [2.05, 4.69) is 4.99 Å². The summed E-state index contributed by atoms with van der Waals surface area (Å²) in [5.74, 6) is -0.761. The average Bonchev–Trinajstić information content (AvgIpc) is 2.89. The number of carbonyl (C=O) groups excluding carboxylic acids is 1. The van der Waals surface area contributed by atoms with Crippen LogP contribution in [0.3, 0.4) is 0 Å².